The molecule has 1 aromatic heterocycles. The molecule has 2 aliphatic rings. The number of rotatable bonds is 6. The van der Waals surface area contributed by atoms with Crippen LogP contribution in [-0.2, 0) is 13.1 Å². The van der Waals surface area contributed by atoms with Crippen molar-refractivity contribution in [2.75, 3.05) is 26.7 Å². The number of nitrogens with zero attached hydrogens (tertiary/aromatic N) is 2. The largest absolute Gasteiger partial charge is 0.463 e. The lowest BCUT2D eigenvalue weighted by atomic mass is 10.2. The van der Waals surface area contributed by atoms with Crippen LogP contribution in [0.3, 0.4) is 0 Å². The van der Waals surface area contributed by atoms with Crippen LogP contribution in [0.2, 0.25) is 0 Å². The molecule has 21 heavy (non-hydrogen) atoms. The van der Waals surface area contributed by atoms with Crippen LogP contribution in [0.25, 0.3) is 0 Å². The fourth-order valence-corrected chi connectivity index (χ4v) is 3.22. The van der Waals surface area contributed by atoms with E-state index >= 15 is 0 Å². The van der Waals surface area contributed by atoms with Gasteiger partial charge in [-0.05, 0) is 51.4 Å². The average molecular weight is 291 g/mol. The molecule has 1 unspecified atom stereocenters. The van der Waals surface area contributed by atoms with Gasteiger partial charge < -0.3 is 14.6 Å². The van der Waals surface area contributed by atoms with Crippen molar-refractivity contribution in [3.63, 3.8) is 0 Å². The van der Waals surface area contributed by atoms with Crippen LogP contribution in [0, 0.1) is 0 Å². The van der Waals surface area contributed by atoms with Gasteiger partial charge in [0.25, 0.3) is 0 Å². The van der Waals surface area contributed by atoms with Crippen molar-refractivity contribution in [3.8, 4) is 0 Å². The lowest BCUT2D eigenvalue weighted by Gasteiger charge is -2.29. The Morgan fingerprint density at radius 3 is 2.81 bits per heavy atom. The van der Waals surface area contributed by atoms with E-state index in [0.717, 1.165) is 30.7 Å². The normalized spacial score (nSPS) is 25.1. The third-order valence-electron chi connectivity index (χ3n) is 4.71. The number of likely N-dealkylation sites (N-methyl/N-ethyl adjacent to an activating group) is 1. The fraction of sp³-hybridized carbons (Fsp3) is 0.765. The third-order valence-corrected chi connectivity index (χ3v) is 4.71. The van der Waals surface area contributed by atoms with Crippen LogP contribution in [-0.4, -0.2) is 48.6 Å². The predicted molar refractivity (Wildman–Crippen MR) is 85.2 cm³/mol. The summed E-state index contributed by atoms with van der Waals surface area (Å²) < 4.78 is 6.01. The summed E-state index contributed by atoms with van der Waals surface area (Å²) >= 11 is 0. The van der Waals surface area contributed by atoms with Crippen molar-refractivity contribution >= 4 is 0 Å². The van der Waals surface area contributed by atoms with Gasteiger partial charge in [0, 0.05) is 25.2 Å². The second kappa shape index (κ2) is 6.95. The van der Waals surface area contributed by atoms with E-state index in [1.54, 1.807) is 0 Å². The Morgan fingerprint density at radius 1 is 1.24 bits per heavy atom. The molecule has 3 rings (SSSR count). The highest BCUT2D eigenvalue weighted by atomic mass is 16.3. The Bertz CT molecular complexity index is 441. The topological polar surface area (TPSA) is 31.6 Å². The van der Waals surface area contributed by atoms with Crippen molar-refractivity contribution in [2.45, 2.75) is 57.8 Å². The van der Waals surface area contributed by atoms with Gasteiger partial charge >= 0.3 is 0 Å². The molecule has 4 nitrogen and oxygen atoms in total. The average Bonchev–Trinajstić information content (AvgIpc) is 3.23. The van der Waals surface area contributed by atoms with E-state index < -0.39 is 0 Å². The first-order chi connectivity index (χ1) is 10.2. The minimum Gasteiger partial charge on any atom is -0.463 e. The second-order valence-electron chi connectivity index (χ2n) is 6.67. The monoisotopic (exact) mass is 291 g/mol. The molecule has 4 heteroatoms. The highest BCUT2D eigenvalue weighted by Crippen LogP contribution is 2.21. The number of nitrogens with one attached hydrogen (secondary N) is 1. The van der Waals surface area contributed by atoms with Crippen molar-refractivity contribution in [2.24, 2.45) is 0 Å². The van der Waals surface area contributed by atoms with Crippen LogP contribution in [0.4, 0.5) is 0 Å². The molecule has 2 heterocycles. The van der Waals surface area contributed by atoms with E-state index in [-0.39, 0.29) is 0 Å². The molecular formula is C17H29N3O. The second-order valence-corrected chi connectivity index (χ2v) is 6.67. The zero-order chi connectivity index (χ0) is 14.7. The number of hydrogen-bond acceptors (Lipinski definition) is 4. The van der Waals surface area contributed by atoms with Gasteiger partial charge in [-0.2, -0.15) is 0 Å². The first-order valence-electron chi connectivity index (χ1n) is 8.48. The minimum absolute atomic E-state index is 0.649. The molecule has 1 saturated carbocycles. The number of furan rings is 1. The van der Waals surface area contributed by atoms with Gasteiger partial charge in [0.1, 0.15) is 11.5 Å². The Hall–Kier alpha value is -0.840. The molecule has 1 saturated heterocycles. The van der Waals surface area contributed by atoms with Gasteiger partial charge in [-0.1, -0.05) is 6.92 Å². The molecule has 1 aliphatic heterocycles. The smallest absolute Gasteiger partial charge is 0.118 e. The van der Waals surface area contributed by atoms with Crippen molar-refractivity contribution in [3.05, 3.63) is 23.7 Å². The number of hydrogen-bond donors (Lipinski definition) is 1. The zero-order valence-electron chi connectivity index (χ0n) is 13.5. The summed E-state index contributed by atoms with van der Waals surface area (Å²) in [5, 5.41) is 3.51. The maximum absolute atomic E-state index is 6.01. The van der Waals surface area contributed by atoms with E-state index in [1.807, 2.05) is 0 Å². The molecule has 0 spiro atoms. The first kappa shape index (κ1) is 15.1. The molecule has 0 amide bonds. The van der Waals surface area contributed by atoms with Gasteiger partial charge in [-0.3, -0.25) is 4.90 Å². The van der Waals surface area contributed by atoms with Crippen LogP contribution >= 0.6 is 0 Å². The molecule has 118 valence electrons. The summed E-state index contributed by atoms with van der Waals surface area (Å²) in [7, 11) is 2.24. The lowest BCUT2D eigenvalue weighted by molar-refractivity contribution is 0.163. The Kier molecular flexibility index (Phi) is 4.99. The summed E-state index contributed by atoms with van der Waals surface area (Å²) in [6.45, 7) is 7.69. The van der Waals surface area contributed by atoms with Crippen LogP contribution in [0.5, 0.6) is 0 Å². The van der Waals surface area contributed by atoms with Gasteiger partial charge in [0.2, 0.25) is 0 Å². The lowest BCUT2D eigenvalue weighted by Crippen LogP contribution is -2.39. The maximum atomic E-state index is 6.01. The molecule has 2 fully saturated rings. The molecule has 1 N–H and O–H groups in total. The Balaban J connectivity index is 1.55. The summed E-state index contributed by atoms with van der Waals surface area (Å²) in [6.07, 6.45) is 5.12. The van der Waals surface area contributed by atoms with Gasteiger partial charge in [0.15, 0.2) is 0 Å². The molecule has 1 aliphatic carbocycles. The summed E-state index contributed by atoms with van der Waals surface area (Å²) in [6, 6.07) is 5.68. The molecule has 0 radical (unpaired) electrons. The maximum Gasteiger partial charge on any atom is 0.118 e. The van der Waals surface area contributed by atoms with Gasteiger partial charge in [-0.25, -0.2) is 0 Å². The van der Waals surface area contributed by atoms with E-state index in [2.05, 4.69) is 41.2 Å². The molecule has 0 aromatic carbocycles. The fourth-order valence-electron chi connectivity index (χ4n) is 3.22. The van der Waals surface area contributed by atoms with Crippen LogP contribution in [0.15, 0.2) is 16.5 Å². The summed E-state index contributed by atoms with van der Waals surface area (Å²) in [5.41, 5.74) is 0. The standard InChI is InChI=1S/C17H29N3O/c1-3-15-12-19(2)9-4-10-20(15)13-17-8-7-16(21-17)11-18-14-5-6-14/h7-8,14-15,18H,3-6,9-13H2,1-2H3. The minimum atomic E-state index is 0.649. The van der Waals surface area contributed by atoms with Gasteiger partial charge in [-0.15, -0.1) is 0 Å². The van der Waals surface area contributed by atoms with E-state index in [9.17, 15) is 0 Å². The first-order valence-corrected chi connectivity index (χ1v) is 8.48. The SMILES string of the molecule is CCC1CN(C)CCCN1Cc1ccc(CNC2CC2)o1. The predicted octanol–water partition coefficient (Wildman–Crippen LogP) is 2.45. The summed E-state index contributed by atoms with van der Waals surface area (Å²) in [4.78, 5) is 5.06. The molecule has 0 bridgehead atoms. The van der Waals surface area contributed by atoms with Crippen molar-refractivity contribution in [1.29, 1.82) is 0 Å². The zero-order valence-corrected chi connectivity index (χ0v) is 13.5. The van der Waals surface area contributed by atoms with Gasteiger partial charge in [0.05, 0.1) is 13.1 Å². The molecular weight excluding hydrogens is 262 g/mol. The Labute approximate surface area is 128 Å². The highest BCUT2D eigenvalue weighted by molar-refractivity contribution is 5.08. The van der Waals surface area contributed by atoms with E-state index in [4.69, 9.17) is 4.42 Å². The third kappa shape index (κ3) is 4.31. The highest BCUT2D eigenvalue weighted by Gasteiger charge is 2.23. The van der Waals surface area contributed by atoms with E-state index in [0.29, 0.717) is 6.04 Å². The van der Waals surface area contributed by atoms with E-state index in [1.165, 1.54) is 45.3 Å². The summed E-state index contributed by atoms with van der Waals surface area (Å²) in [5.74, 6) is 2.20. The van der Waals surface area contributed by atoms with Crippen LogP contribution in [0.1, 0.15) is 44.1 Å². The quantitative estimate of drug-likeness (QED) is 0.872. The molecule has 1 atom stereocenters. The van der Waals surface area contributed by atoms with Crippen molar-refractivity contribution in [1.82, 2.24) is 15.1 Å². The Morgan fingerprint density at radius 2 is 2.05 bits per heavy atom. The van der Waals surface area contributed by atoms with Crippen LogP contribution < -0.4 is 5.32 Å². The van der Waals surface area contributed by atoms with Crippen molar-refractivity contribution < 1.29 is 4.42 Å². The molecule has 1 aromatic rings.